The summed E-state index contributed by atoms with van der Waals surface area (Å²) in [5, 5.41) is 13.6. The summed E-state index contributed by atoms with van der Waals surface area (Å²) < 4.78 is 23.5. The van der Waals surface area contributed by atoms with E-state index in [1.165, 1.54) is 199 Å². The standard InChI is InChI=1S/C35H74N8O2Si.C12H28N2.C11H20Cl2N4O2Si.C6H15N/c1-4-44-46(3,45-5-2)32-26-31-40-35-42-33(38-29-24-20-16-12-8-6-10-14-18-22-27-36)41-34(43-35)39-30-25-21-17-13-9-7-11-15-19-23-28-37;13-11-9-7-5-3-1-2-4-6-8-10-12-14;1-4-18-20(3,19-5-2)8-6-7-14-11-16-9(12)15-10(13)17-11;1-4-7(5-2)6-3/h4-32,36-37H2,1-3H3,(H3,38,39,40,41,42,43);1-14H2;4-8H2,1-3H3,(H,14,15,16,17);4-6H2,1-3H3. The van der Waals surface area contributed by atoms with Crippen LogP contribution in [-0.4, -0.2) is 150 Å². The van der Waals surface area contributed by atoms with Crippen molar-refractivity contribution in [3.05, 3.63) is 10.6 Å². The van der Waals surface area contributed by atoms with Gasteiger partial charge >= 0.3 is 17.1 Å². The second kappa shape index (κ2) is 65.4. The lowest BCUT2D eigenvalue weighted by atomic mass is 10.1. The third kappa shape index (κ3) is 57.5. The van der Waals surface area contributed by atoms with Crippen LogP contribution < -0.4 is 44.2 Å². The lowest BCUT2D eigenvalue weighted by molar-refractivity contribution is 0.188. The molecule has 0 bridgehead atoms. The van der Waals surface area contributed by atoms with Gasteiger partial charge in [-0.05, 0) is 173 Å². The molecule has 0 spiro atoms. The van der Waals surface area contributed by atoms with Crippen LogP contribution >= 0.6 is 23.2 Å². The Morgan fingerprint density at radius 2 is 0.517 bits per heavy atom. The molecule has 514 valence electrons. The average molecular weight is 1310 g/mol. The van der Waals surface area contributed by atoms with Crippen molar-refractivity contribution in [2.75, 3.05) is 120 Å². The van der Waals surface area contributed by atoms with Gasteiger partial charge in [-0.2, -0.15) is 29.9 Å². The second-order valence-electron chi connectivity index (χ2n) is 22.8. The Labute approximate surface area is 546 Å². The summed E-state index contributed by atoms with van der Waals surface area (Å²) in [6, 6.07) is 1.83. The Morgan fingerprint density at radius 1 is 0.310 bits per heavy atom. The van der Waals surface area contributed by atoms with Crippen LogP contribution in [0.25, 0.3) is 0 Å². The molecule has 0 atom stereocenters. The Hall–Kier alpha value is -2.13. The van der Waals surface area contributed by atoms with E-state index in [-0.39, 0.29) is 10.6 Å². The van der Waals surface area contributed by atoms with Gasteiger partial charge in [-0.3, -0.25) is 0 Å². The first-order valence-corrected chi connectivity index (χ1v) is 41.0. The van der Waals surface area contributed by atoms with Gasteiger partial charge in [0.05, 0.1) is 0 Å². The zero-order valence-corrected chi connectivity index (χ0v) is 61.0. The van der Waals surface area contributed by atoms with Gasteiger partial charge in [0.25, 0.3) is 0 Å². The van der Waals surface area contributed by atoms with Crippen LogP contribution in [0.3, 0.4) is 0 Å². The lowest BCUT2D eigenvalue weighted by Crippen LogP contribution is -2.39. The van der Waals surface area contributed by atoms with E-state index in [1.807, 2.05) is 27.7 Å². The van der Waals surface area contributed by atoms with Crippen LogP contribution in [0.1, 0.15) is 254 Å². The first-order chi connectivity index (χ1) is 42.3. The summed E-state index contributed by atoms with van der Waals surface area (Å²) in [6.07, 6.45) is 40.9. The third-order valence-electron chi connectivity index (χ3n) is 15.0. The number of halogens is 2. The quantitative estimate of drug-likeness (QED) is 0.0226. The van der Waals surface area contributed by atoms with Crippen LogP contribution in [0.15, 0.2) is 0 Å². The van der Waals surface area contributed by atoms with Crippen LogP contribution in [0.2, 0.25) is 35.7 Å². The highest BCUT2D eigenvalue weighted by atomic mass is 35.5. The summed E-state index contributed by atoms with van der Waals surface area (Å²) in [6.45, 7) is 31.7. The minimum absolute atomic E-state index is 0.0790. The van der Waals surface area contributed by atoms with Gasteiger partial charge in [0.1, 0.15) is 0 Å². The fraction of sp³-hybridized carbons (Fsp3) is 0.906. The second-order valence-corrected chi connectivity index (χ2v) is 30.2. The van der Waals surface area contributed by atoms with Crippen molar-refractivity contribution in [1.82, 2.24) is 34.8 Å². The molecular formula is C64H137Cl2N15O4Si2. The highest BCUT2D eigenvalue weighted by molar-refractivity contribution is 6.66. The predicted molar refractivity (Wildman–Crippen MR) is 380 cm³/mol. The van der Waals surface area contributed by atoms with Crippen molar-refractivity contribution >= 4 is 64.1 Å². The zero-order valence-electron chi connectivity index (χ0n) is 57.5. The van der Waals surface area contributed by atoms with E-state index in [0.717, 1.165) is 83.6 Å². The minimum Gasteiger partial charge on any atom is -0.395 e. The molecule has 23 heteroatoms. The SMILES string of the molecule is CCN(CC)CC.CCO[Si](C)(CCCNc1nc(Cl)nc(Cl)n1)OCC.CCO[Si](C)(CCCNc1nc(NCCCCCCCCCCCCN)nc(NCCCCCCCCCCCCN)n1)OCC.NCCCCCCCCCCCCN. The van der Waals surface area contributed by atoms with Gasteiger partial charge < -0.3 is 66.8 Å². The van der Waals surface area contributed by atoms with Crippen LogP contribution in [-0.2, 0) is 17.7 Å². The molecule has 0 unspecified atom stereocenters. The Balaban J connectivity index is 0. The molecule has 0 radical (unpaired) electrons. The molecule has 0 aliphatic heterocycles. The van der Waals surface area contributed by atoms with Gasteiger partial charge in [0, 0.05) is 52.6 Å². The molecule has 2 rings (SSSR count). The van der Waals surface area contributed by atoms with E-state index in [0.29, 0.717) is 56.8 Å². The fourth-order valence-corrected chi connectivity index (χ4v) is 15.2. The molecule has 19 nitrogen and oxygen atoms in total. The topological polar surface area (TPSA) is 270 Å². The maximum Gasteiger partial charge on any atom is 0.334 e. The molecule has 2 aromatic heterocycles. The van der Waals surface area contributed by atoms with Crippen molar-refractivity contribution in [3.8, 4) is 0 Å². The Bertz CT molecular complexity index is 1650. The minimum atomic E-state index is -2.12. The first kappa shape index (κ1) is 86.9. The van der Waals surface area contributed by atoms with Gasteiger partial charge in [-0.1, -0.05) is 175 Å². The molecule has 2 heterocycles. The van der Waals surface area contributed by atoms with E-state index in [2.05, 4.69) is 85.0 Å². The molecular weight excluding hydrogens is 1170 g/mol. The Morgan fingerprint density at radius 3 is 0.724 bits per heavy atom. The number of nitrogens with one attached hydrogen (secondary N) is 4. The highest BCUT2D eigenvalue weighted by Crippen LogP contribution is 2.20. The fourth-order valence-electron chi connectivity index (χ4n) is 9.97. The van der Waals surface area contributed by atoms with E-state index in [1.54, 1.807) is 0 Å². The first-order valence-electron chi connectivity index (χ1n) is 35.2. The van der Waals surface area contributed by atoms with Crippen molar-refractivity contribution in [1.29, 1.82) is 0 Å². The van der Waals surface area contributed by atoms with Crippen molar-refractivity contribution in [3.63, 3.8) is 0 Å². The summed E-state index contributed by atoms with van der Waals surface area (Å²) in [5.74, 6) is 2.29. The molecule has 0 aliphatic carbocycles. The number of rotatable bonds is 58. The monoisotopic (exact) mass is 1310 g/mol. The van der Waals surface area contributed by atoms with Crippen LogP contribution in [0.5, 0.6) is 0 Å². The van der Waals surface area contributed by atoms with E-state index >= 15 is 0 Å². The summed E-state index contributed by atoms with van der Waals surface area (Å²) >= 11 is 11.4. The molecule has 0 aliphatic rings. The number of hydrogen-bond donors (Lipinski definition) is 8. The smallest absolute Gasteiger partial charge is 0.334 e. The highest BCUT2D eigenvalue weighted by Gasteiger charge is 2.31. The van der Waals surface area contributed by atoms with E-state index < -0.39 is 17.1 Å². The summed E-state index contributed by atoms with van der Waals surface area (Å²) in [4.78, 5) is 28.0. The molecule has 0 saturated carbocycles. The van der Waals surface area contributed by atoms with Gasteiger partial charge in [0.15, 0.2) is 0 Å². The molecule has 0 amide bonds. The van der Waals surface area contributed by atoms with Gasteiger partial charge in [-0.15, -0.1) is 0 Å². The molecule has 0 aromatic carbocycles. The molecule has 12 N–H and O–H groups in total. The van der Waals surface area contributed by atoms with Gasteiger partial charge in [-0.25, -0.2) is 0 Å². The number of hydrogen-bond acceptors (Lipinski definition) is 19. The number of nitrogens with zero attached hydrogens (tertiary/aromatic N) is 7. The number of unbranched alkanes of at least 4 members (excludes halogenated alkanes) is 27. The molecule has 0 fully saturated rings. The van der Waals surface area contributed by atoms with Crippen molar-refractivity contribution < 1.29 is 17.7 Å². The number of nitrogens with two attached hydrogens (primary N) is 4. The zero-order chi connectivity index (χ0) is 64.6. The number of aromatic nitrogens is 6. The predicted octanol–water partition coefficient (Wildman–Crippen LogP) is 15.6. The van der Waals surface area contributed by atoms with Gasteiger partial charge in [0.2, 0.25) is 34.4 Å². The van der Waals surface area contributed by atoms with Crippen LogP contribution in [0.4, 0.5) is 23.8 Å². The normalized spacial score (nSPS) is 11.4. The largest absolute Gasteiger partial charge is 0.395 e. The number of anilines is 4. The maximum atomic E-state index is 6.00. The molecule has 87 heavy (non-hydrogen) atoms. The Kier molecular flexibility index (Phi) is 65.3. The average Bonchev–Trinajstić information content (AvgIpc) is 3.71. The van der Waals surface area contributed by atoms with Crippen molar-refractivity contribution in [2.45, 2.75) is 279 Å². The summed E-state index contributed by atoms with van der Waals surface area (Å²) in [5.41, 5.74) is 22.0. The molecule has 0 saturated heterocycles. The lowest BCUT2D eigenvalue weighted by Gasteiger charge is -2.25. The van der Waals surface area contributed by atoms with Crippen molar-refractivity contribution in [2.24, 2.45) is 22.9 Å². The van der Waals surface area contributed by atoms with E-state index in [9.17, 15) is 0 Å². The summed E-state index contributed by atoms with van der Waals surface area (Å²) in [7, 11) is -4.18. The van der Waals surface area contributed by atoms with E-state index in [4.69, 9.17) is 68.8 Å². The maximum absolute atomic E-state index is 6.00. The third-order valence-corrected chi connectivity index (χ3v) is 21.5. The molecule has 2 aromatic rings. The van der Waals surface area contributed by atoms with Crippen LogP contribution in [0, 0.1) is 0 Å².